The third-order valence-corrected chi connectivity index (χ3v) is 2.11. The minimum absolute atomic E-state index is 0.283. The van der Waals surface area contributed by atoms with Gasteiger partial charge in [0.15, 0.2) is 0 Å². The van der Waals surface area contributed by atoms with Gasteiger partial charge < -0.3 is 10.1 Å². The molecule has 0 aromatic carbocycles. The Hall–Kier alpha value is -0.760. The molecule has 2 nitrogen and oxygen atoms in total. The summed E-state index contributed by atoms with van der Waals surface area (Å²) in [4.78, 5) is 0. The second-order valence-electron chi connectivity index (χ2n) is 3.35. The Morgan fingerprint density at radius 2 is 2.54 bits per heavy atom. The maximum Gasteiger partial charge on any atom is 0.116 e. The smallest absolute Gasteiger partial charge is 0.116 e. The molecule has 2 unspecified atom stereocenters. The summed E-state index contributed by atoms with van der Waals surface area (Å²) < 4.78 is 5.41. The second-order valence-corrected chi connectivity index (χ2v) is 3.35. The molecule has 0 fully saturated rings. The molecule has 13 heavy (non-hydrogen) atoms. The zero-order valence-corrected chi connectivity index (χ0v) is 8.49. The van der Waals surface area contributed by atoms with Crippen molar-refractivity contribution in [3.8, 4) is 0 Å². The number of hydrogen-bond acceptors (Lipinski definition) is 2. The number of allylic oxidation sites excluding steroid dienone is 1. The summed E-state index contributed by atoms with van der Waals surface area (Å²) in [5.74, 6) is 0. The van der Waals surface area contributed by atoms with Crippen LogP contribution in [0.5, 0.6) is 0 Å². The fraction of sp³-hybridized carbons (Fsp3) is 0.636. The lowest BCUT2D eigenvalue weighted by molar-refractivity contribution is 0.165. The Morgan fingerprint density at radius 1 is 1.69 bits per heavy atom. The van der Waals surface area contributed by atoms with Crippen LogP contribution in [0, 0.1) is 0 Å². The molecule has 0 aromatic heterocycles. The van der Waals surface area contributed by atoms with Crippen molar-refractivity contribution in [2.45, 2.75) is 38.8 Å². The summed E-state index contributed by atoms with van der Waals surface area (Å²) in [7, 11) is 0. The monoisotopic (exact) mass is 181 g/mol. The largest absolute Gasteiger partial charge is 0.494 e. The van der Waals surface area contributed by atoms with Crippen LogP contribution in [0.15, 0.2) is 24.5 Å². The van der Waals surface area contributed by atoms with E-state index >= 15 is 0 Å². The number of nitrogens with one attached hydrogen (secondary N) is 1. The summed E-state index contributed by atoms with van der Waals surface area (Å²) in [6.07, 6.45) is 10.7. The Balaban J connectivity index is 2.25. The average molecular weight is 181 g/mol. The lowest BCUT2D eigenvalue weighted by atomic mass is 10.1. The molecular formula is C11H19NO. The molecule has 1 aliphatic heterocycles. The van der Waals surface area contributed by atoms with Crippen molar-refractivity contribution >= 4 is 0 Å². The summed E-state index contributed by atoms with van der Waals surface area (Å²) in [5.41, 5.74) is 0. The van der Waals surface area contributed by atoms with E-state index in [4.69, 9.17) is 4.74 Å². The first-order valence-corrected chi connectivity index (χ1v) is 5.05. The van der Waals surface area contributed by atoms with Gasteiger partial charge in [-0.2, -0.15) is 0 Å². The van der Waals surface area contributed by atoms with Gasteiger partial charge in [-0.05, 0) is 38.5 Å². The van der Waals surface area contributed by atoms with E-state index in [0.29, 0.717) is 6.04 Å². The SMILES string of the molecule is CCNC(C)/C=C/C1CCC=CO1. The third-order valence-electron chi connectivity index (χ3n) is 2.11. The van der Waals surface area contributed by atoms with Crippen LogP contribution in [0.1, 0.15) is 26.7 Å². The Bertz CT molecular complexity index is 187. The molecule has 1 N–H and O–H groups in total. The van der Waals surface area contributed by atoms with Gasteiger partial charge in [0.1, 0.15) is 6.10 Å². The number of ether oxygens (including phenoxy) is 1. The first-order chi connectivity index (χ1) is 6.33. The van der Waals surface area contributed by atoms with E-state index in [1.807, 2.05) is 0 Å². The van der Waals surface area contributed by atoms with Crippen LogP contribution in [-0.2, 0) is 4.74 Å². The molecule has 74 valence electrons. The molecule has 0 bridgehead atoms. The average Bonchev–Trinajstić information content (AvgIpc) is 2.17. The van der Waals surface area contributed by atoms with E-state index in [1.165, 1.54) is 0 Å². The molecule has 2 heteroatoms. The Kier molecular flexibility index (Phi) is 4.61. The first-order valence-electron chi connectivity index (χ1n) is 5.05. The van der Waals surface area contributed by atoms with E-state index in [1.54, 1.807) is 6.26 Å². The second kappa shape index (κ2) is 5.81. The van der Waals surface area contributed by atoms with Gasteiger partial charge >= 0.3 is 0 Å². The topological polar surface area (TPSA) is 21.3 Å². The van der Waals surface area contributed by atoms with Crippen LogP contribution in [-0.4, -0.2) is 18.7 Å². The highest BCUT2D eigenvalue weighted by molar-refractivity contribution is 4.99. The Morgan fingerprint density at radius 3 is 3.15 bits per heavy atom. The minimum Gasteiger partial charge on any atom is -0.494 e. The van der Waals surface area contributed by atoms with Gasteiger partial charge in [-0.15, -0.1) is 0 Å². The highest BCUT2D eigenvalue weighted by Gasteiger charge is 2.06. The minimum atomic E-state index is 0.283. The summed E-state index contributed by atoms with van der Waals surface area (Å²) in [6, 6.07) is 0.444. The highest BCUT2D eigenvalue weighted by atomic mass is 16.5. The molecule has 1 heterocycles. The molecule has 0 aromatic rings. The van der Waals surface area contributed by atoms with Crippen LogP contribution in [0.2, 0.25) is 0 Å². The predicted octanol–water partition coefficient (Wildman–Crippen LogP) is 2.23. The molecule has 0 saturated heterocycles. The van der Waals surface area contributed by atoms with Gasteiger partial charge in [0, 0.05) is 6.04 Å². The molecular weight excluding hydrogens is 162 g/mol. The maximum absolute atomic E-state index is 5.41. The fourth-order valence-corrected chi connectivity index (χ4v) is 1.38. The van der Waals surface area contributed by atoms with Crippen molar-refractivity contribution in [1.82, 2.24) is 5.32 Å². The van der Waals surface area contributed by atoms with Gasteiger partial charge in [0.05, 0.1) is 6.26 Å². The summed E-state index contributed by atoms with van der Waals surface area (Å²) in [5, 5.41) is 3.32. The molecule has 0 radical (unpaired) electrons. The number of rotatable bonds is 4. The Labute approximate surface area is 80.7 Å². The number of hydrogen-bond donors (Lipinski definition) is 1. The van der Waals surface area contributed by atoms with Crippen molar-refractivity contribution < 1.29 is 4.74 Å². The predicted molar refractivity (Wildman–Crippen MR) is 55.5 cm³/mol. The fourth-order valence-electron chi connectivity index (χ4n) is 1.38. The van der Waals surface area contributed by atoms with Gasteiger partial charge in [-0.3, -0.25) is 0 Å². The first kappa shape index (κ1) is 10.3. The molecule has 0 saturated carbocycles. The molecule has 0 amide bonds. The van der Waals surface area contributed by atoms with Crippen molar-refractivity contribution in [2.24, 2.45) is 0 Å². The van der Waals surface area contributed by atoms with E-state index < -0.39 is 0 Å². The van der Waals surface area contributed by atoms with Gasteiger partial charge in [-0.25, -0.2) is 0 Å². The summed E-state index contributed by atoms with van der Waals surface area (Å²) in [6.45, 7) is 5.28. The zero-order valence-electron chi connectivity index (χ0n) is 8.49. The van der Waals surface area contributed by atoms with Crippen molar-refractivity contribution in [3.63, 3.8) is 0 Å². The molecule has 0 spiro atoms. The van der Waals surface area contributed by atoms with E-state index in [0.717, 1.165) is 19.4 Å². The van der Waals surface area contributed by atoms with Gasteiger partial charge in [-0.1, -0.05) is 13.0 Å². The van der Waals surface area contributed by atoms with Crippen molar-refractivity contribution in [2.75, 3.05) is 6.54 Å². The number of likely N-dealkylation sites (N-methyl/N-ethyl adjacent to an activating group) is 1. The van der Waals surface area contributed by atoms with Crippen LogP contribution in [0.3, 0.4) is 0 Å². The normalized spacial score (nSPS) is 24.6. The zero-order chi connectivity index (χ0) is 9.52. The molecule has 1 rings (SSSR count). The third kappa shape index (κ3) is 4.13. The standard InChI is InChI=1S/C11H19NO/c1-3-12-10(2)7-8-11-6-4-5-9-13-11/h5,7-12H,3-4,6H2,1-2H3/b8-7+. The lowest BCUT2D eigenvalue weighted by Crippen LogP contribution is -2.23. The van der Waals surface area contributed by atoms with Crippen LogP contribution >= 0.6 is 0 Å². The molecule has 1 aliphatic rings. The van der Waals surface area contributed by atoms with E-state index in [-0.39, 0.29) is 6.10 Å². The van der Waals surface area contributed by atoms with Crippen molar-refractivity contribution in [3.05, 3.63) is 24.5 Å². The van der Waals surface area contributed by atoms with Crippen LogP contribution < -0.4 is 5.32 Å². The van der Waals surface area contributed by atoms with Crippen LogP contribution in [0.4, 0.5) is 0 Å². The molecule has 2 atom stereocenters. The lowest BCUT2D eigenvalue weighted by Gasteiger charge is -2.16. The highest BCUT2D eigenvalue weighted by Crippen LogP contribution is 2.11. The van der Waals surface area contributed by atoms with E-state index in [2.05, 4.69) is 37.4 Å². The van der Waals surface area contributed by atoms with Gasteiger partial charge in [0.25, 0.3) is 0 Å². The summed E-state index contributed by atoms with van der Waals surface area (Å²) >= 11 is 0. The van der Waals surface area contributed by atoms with E-state index in [9.17, 15) is 0 Å². The van der Waals surface area contributed by atoms with Gasteiger partial charge in [0.2, 0.25) is 0 Å². The van der Waals surface area contributed by atoms with Crippen molar-refractivity contribution in [1.29, 1.82) is 0 Å². The quantitative estimate of drug-likeness (QED) is 0.671. The molecule has 0 aliphatic carbocycles. The maximum atomic E-state index is 5.41. The van der Waals surface area contributed by atoms with Crippen LogP contribution in [0.25, 0.3) is 0 Å².